The second-order valence-electron chi connectivity index (χ2n) is 8.24. The number of aryl methyl sites for hydroxylation is 1. The molecule has 0 saturated heterocycles. The summed E-state index contributed by atoms with van der Waals surface area (Å²) in [6.07, 6.45) is 3.18. The number of aromatic nitrogens is 3. The predicted molar refractivity (Wildman–Crippen MR) is 128 cm³/mol. The second kappa shape index (κ2) is 10.3. The van der Waals surface area contributed by atoms with Gasteiger partial charge in [-0.3, -0.25) is 9.59 Å². The van der Waals surface area contributed by atoms with Crippen molar-refractivity contribution in [2.45, 2.75) is 31.1 Å². The molecule has 3 aromatic rings. The molecule has 0 spiro atoms. The van der Waals surface area contributed by atoms with E-state index >= 15 is 0 Å². The lowest BCUT2D eigenvalue weighted by atomic mass is 10.1. The standard InChI is InChI=1S/C22H24FN5O5S2/c1-12-7-13(10-25-28-12)15-8-17-18(9-16(15)23)34-22(27-17)20(35(31,32)6-5-33-2)21(30)24-11-19(29)26-14-3-4-14/h7-10,14,20H,3-6,11H2,1-2H3,(H,24,30)(H,26,29). The summed E-state index contributed by atoms with van der Waals surface area (Å²) in [7, 11) is -2.70. The van der Waals surface area contributed by atoms with E-state index < -0.39 is 38.5 Å². The lowest BCUT2D eigenvalue weighted by Crippen LogP contribution is -2.41. The minimum atomic E-state index is -4.05. The summed E-state index contributed by atoms with van der Waals surface area (Å²) in [6.45, 7) is 1.25. The Hall–Kier alpha value is -3.03. The average molecular weight is 522 g/mol. The molecule has 2 amide bonds. The van der Waals surface area contributed by atoms with Gasteiger partial charge < -0.3 is 15.4 Å². The number of rotatable bonds is 10. The fourth-order valence-electron chi connectivity index (χ4n) is 3.43. The highest BCUT2D eigenvalue weighted by Gasteiger charge is 2.37. The molecule has 0 bridgehead atoms. The highest BCUT2D eigenvalue weighted by molar-refractivity contribution is 7.92. The number of fused-ring (bicyclic) bond motifs is 1. The maximum atomic E-state index is 14.9. The van der Waals surface area contributed by atoms with E-state index in [1.54, 1.807) is 13.0 Å². The molecule has 4 rings (SSSR count). The van der Waals surface area contributed by atoms with Crippen molar-refractivity contribution >= 4 is 43.2 Å². The SMILES string of the molecule is COCCS(=O)(=O)C(C(=O)NCC(=O)NC1CC1)c1nc2cc(-c3cnnc(C)c3)c(F)cc2s1. The van der Waals surface area contributed by atoms with Gasteiger partial charge in [-0.2, -0.15) is 10.2 Å². The van der Waals surface area contributed by atoms with Crippen molar-refractivity contribution < 1.29 is 27.1 Å². The van der Waals surface area contributed by atoms with Crippen LogP contribution in [0.3, 0.4) is 0 Å². The fraction of sp³-hybridized carbons (Fsp3) is 0.409. The number of ether oxygens (including phenoxy) is 1. The zero-order valence-corrected chi connectivity index (χ0v) is 20.7. The fourth-order valence-corrected chi connectivity index (χ4v) is 6.38. The number of nitrogens with one attached hydrogen (secondary N) is 2. The number of nitrogens with zero attached hydrogens (tertiary/aromatic N) is 3. The van der Waals surface area contributed by atoms with Crippen molar-refractivity contribution in [3.63, 3.8) is 0 Å². The number of benzene rings is 1. The van der Waals surface area contributed by atoms with E-state index in [4.69, 9.17) is 4.74 Å². The molecule has 2 aromatic heterocycles. The number of thiazole rings is 1. The van der Waals surface area contributed by atoms with Crippen LogP contribution < -0.4 is 10.6 Å². The third-order valence-electron chi connectivity index (χ3n) is 5.34. The van der Waals surface area contributed by atoms with Gasteiger partial charge in [0.05, 0.1) is 41.0 Å². The first kappa shape index (κ1) is 25.1. The summed E-state index contributed by atoms with van der Waals surface area (Å²) in [5.41, 5.74) is 1.66. The largest absolute Gasteiger partial charge is 0.384 e. The maximum Gasteiger partial charge on any atom is 0.245 e. The molecule has 1 aromatic carbocycles. The molecule has 1 atom stereocenters. The number of hydrogen-bond acceptors (Lipinski definition) is 9. The molecule has 2 N–H and O–H groups in total. The van der Waals surface area contributed by atoms with E-state index in [0.29, 0.717) is 21.5 Å². The topological polar surface area (TPSA) is 140 Å². The van der Waals surface area contributed by atoms with Crippen LogP contribution in [0.25, 0.3) is 21.3 Å². The molecule has 0 aliphatic heterocycles. The van der Waals surface area contributed by atoms with Gasteiger partial charge in [-0.15, -0.1) is 11.3 Å². The molecule has 10 nitrogen and oxygen atoms in total. The van der Waals surface area contributed by atoms with E-state index in [0.717, 1.165) is 24.2 Å². The molecule has 1 unspecified atom stereocenters. The highest BCUT2D eigenvalue weighted by Crippen LogP contribution is 2.35. The van der Waals surface area contributed by atoms with Gasteiger partial charge in [0.1, 0.15) is 10.8 Å². The third kappa shape index (κ3) is 5.97. The van der Waals surface area contributed by atoms with Gasteiger partial charge in [0.2, 0.25) is 11.8 Å². The normalized spacial score (nSPS) is 14.6. The van der Waals surface area contributed by atoms with Crippen LogP contribution >= 0.6 is 11.3 Å². The van der Waals surface area contributed by atoms with Gasteiger partial charge in [-0.1, -0.05) is 0 Å². The molecule has 1 aliphatic rings. The lowest BCUT2D eigenvalue weighted by Gasteiger charge is -2.15. The number of sulfone groups is 1. The third-order valence-corrected chi connectivity index (χ3v) is 8.46. The Balaban J connectivity index is 1.67. The van der Waals surface area contributed by atoms with Crippen LogP contribution in [0.2, 0.25) is 0 Å². The summed E-state index contributed by atoms with van der Waals surface area (Å²) in [4.78, 5) is 29.4. The van der Waals surface area contributed by atoms with Crippen molar-refractivity contribution in [1.29, 1.82) is 0 Å². The number of carbonyl (C=O) groups excluding carboxylic acids is 2. The average Bonchev–Trinajstić information content (AvgIpc) is 3.53. The molecule has 1 fully saturated rings. The highest BCUT2D eigenvalue weighted by atomic mass is 32.2. The summed E-state index contributed by atoms with van der Waals surface area (Å²) in [5, 5.41) is 11.2. The summed E-state index contributed by atoms with van der Waals surface area (Å²) < 4.78 is 46.3. The molecular weight excluding hydrogens is 497 g/mol. The van der Waals surface area contributed by atoms with Gasteiger partial charge in [-0.25, -0.2) is 17.8 Å². The van der Waals surface area contributed by atoms with Crippen molar-refractivity contribution in [2.75, 3.05) is 26.0 Å². The smallest absolute Gasteiger partial charge is 0.245 e. The minimum Gasteiger partial charge on any atom is -0.384 e. The minimum absolute atomic E-state index is 0.0169. The monoisotopic (exact) mass is 521 g/mol. The van der Waals surface area contributed by atoms with Gasteiger partial charge in [0, 0.05) is 24.3 Å². The quantitative estimate of drug-likeness (QED) is 0.411. The molecule has 35 heavy (non-hydrogen) atoms. The molecular formula is C22H24FN5O5S2. The Morgan fingerprint density at radius 1 is 1.29 bits per heavy atom. The van der Waals surface area contributed by atoms with E-state index in [2.05, 4.69) is 25.8 Å². The number of amides is 2. The van der Waals surface area contributed by atoms with Crippen LogP contribution in [0.5, 0.6) is 0 Å². The van der Waals surface area contributed by atoms with Crippen molar-refractivity contribution in [2.24, 2.45) is 0 Å². The van der Waals surface area contributed by atoms with Crippen molar-refractivity contribution in [1.82, 2.24) is 25.8 Å². The zero-order chi connectivity index (χ0) is 25.2. The van der Waals surface area contributed by atoms with Crippen LogP contribution in [-0.4, -0.2) is 67.5 Å². The van der Waals surface area contributed by atoms with Crippen LogP contribution in [-0.2, 0) is 24.2 Å². The lowest BCUT2D eigenvalue weighted by molar-refractivity contribution is -0.126. The Morgan fingerprint density at radius 3 is 2.74 bits per heavy atom. The van der Waals surface area contributed by atoms with Crippen LogP contribution in [0.15, 0.2) is 24.4 Å². The molecule has 1 saturated carbocycles. The number of hydrogen-bond donors (Lipinski definition) is 2. The van der Waals surface area contributed by atoms with E-state index in [1.807, 2.05) is 0 Å². The van der Waals surface area contributed by atoms with E-state index in [-0.39, 0.29) is 29.8 Å². The van der Waals surface area contributed by atoms with Gasteiger partial charge in [0.15, 0.2) is 15.1 Å². The van der Waals surface area contributed by atoms with Crippen LogP contribution in [0, 0.1) is 12.7 Å². The van der Waals surface area contributed by atoms with Gasteiger partial charge >= 0.3 is 0 Å². The summed E-state index contributed by atoms with van der Waals surface area (Å²) in [5.74, 6) is -2.24. The predicted octanol–water partition coefficient (Wildman–Crippen LogP) is 1.70. The van der Waals surface area contributed by atoms with Gasteiger partial charge in [-0.05, 0) is 38.0 Å². The van der Waals surface area contributed by atoms with Crippen molar-refractivity contribution in [3.8, 4) is 11.1 Å². The van der Waals surface area contributed by atoms with Crippen LogP contribution in [0.4, 0.5) is 4.39 Å². The van der Waals surface area contributed by atoms with E-state index in [9.17, 15) is 22.4 Å². The first-order chi connectivity index (χ1) is 16.7. The molecule has 186 valence electrons. The second-order valence-corrected chi connectivity index (χ2v) is 11.5. The Labute approximate surface area is 205 Å². The number of carbonyl (C=O) groups is 2. The Morgan fingerprint density at radius 2 is 2.06 bits per heavy atom. The number of halogens is 1. The Kier molecular flexibility index (Phi) is 7.38. The molecule has 2 heterocycles. The van der Waals surface area contributed by atoms with E-state index in [1.165, 1.54) is 25.4 Å². The first-order valence-corrected chi connectivity index (χ1v) is 13.4. The molecule has 0 radical (unpaired) electrons. The molecule has 13 heteroatoms. The molecule has 1 aliphatic carbocycles. The maximum absolute atomic E-state index is 14.9. The zero-order valence-electron chi connectivity index (χ0n) is 19.1. The summed E-state index contributed by atoms with van der Waals surface area (Å²) in [6, 6.07) is 4.51. The Bertz CT molecular complexity index is 1370. The summed E-state index contributed by atoms with van der Waals surface area (Å²) >= 11 is 0.910. The first-order valence-electron chi connectivity index (χ1n) is 10.8. The number of methoxy groups -OCH3 is 1. The van der Waals surface area contributed by atoms with Gasteiger partial charge in [0.25, 0.3) is 0 Å². The van der Waals surface area contributed by atoms with Crippen molar-refractivity contribution in [3.05, 3.63) is 40.9 Å². The van der Waals surface area contributed by atoms with Crippen LogP contribution in [0.1, 0.15) is 28.8 Å².